The summed E-state index contributed by atoms with van der Waals surface area (Å²) in [5, 5.41) is 9.09. The number of carbonyl (C=O) groups excluding carboxylic acids is 2. The number of benzene rings is 1. The van der Waals surface area contributed by atoms with Gasteiger partial charge in [-0.15, -0.1) is 10.2 Å². The molecule has 0 radical (unpaired) electrons. The number of ether oxygens (including phenoxy) is 1. The van der Waals surface area contributed by atoms with Crippen molar-refractivity contribution in [3.8, 4) is 11.4 Å². The molecule has 0 saturated heterocycles. The number of thioether (sulfide) groups is 1. The number of nitrogens with one attached hydrogen (secondary N) is 1. The van der Waals surface area contributed by atoms with Gasteiger partial charge in [0.15, 0.2) is 16.8 Å². The maximum atomic E-state index is 13.2. The van der Waals surface area contributed by atoms with Gasteiger partial charge in [0, 0.05) is 17.8 Å². The van der Waals surface area contributed by atoms with E-state index in [4.69, 9.17) is 4.74 Å². The van der Waals surface area contributed by atoms with Crippen LogP contribution in [-0.4, -0.2) is 43.9 Å². The average molecular weight is 441 g/mol. The Morgan fingerprint density at radius 1 is 1.23 bits per heavy atom. The van der Waals surface area contributed by atoms with Gasteiger partial charge >= 0.3 is 5.97 Å². The number of ketones is 1. The lowest BCUT2D eigenvalue weighted by Gasteiger charge is -2.12. The van der Waals surface area contributed by atoms with Crippen molar-refractivity contribution in [3.63, 3.8) is 0 Å². The molecule has 0 amide bonds. The molecule has 2 heterocycles. The maximum absolute atomic E-state index is 13.2. The van der Waals surface area contributed by atoms with E-state index in [-0.39, 0.29) is 5.78 Å². The normalized spacial score (nSPS) is 12.1. The molecule has 0 aliphatic heterocycles. The van der Waals surface area contributed by atoms with Crippen molar-refractivity contribution in [2.45, 2.75) is 58.0 Å². The Morgan fingerprint density at radius 2 is 1.97 bits per heavy atom. The minimum Gasteiger partial charge on any atom is -0.465 e. The van der Waals surface area contributed by atoms with E-state index in [0.717, 1.165) is 29.9 Å². The monoisotopic (exact) mass is 440 g/mol. The second-order valence-corrected chi connectivity index (χ2v) is 8.88. The predicted molar refractivity (Wildman–Crippen MR) is 122 cm³/mol. The molecule has 1 aromatic carbocycles. The molecule has 3 aromatic rings. The molecular weight excluding hydrogens is 412 g/mol. The summed E-state index contributed by atoms with van der Waals surface area (Å²) < 4.78 is 6.91. The Labute approximate surface area is 186 Å². The van der Waals surface area contributed by atoms with Gasteiger partial charge in [0.05, 0.1) is 23.6 Å². The van der Waals surface area contributed by atoms with Crippen molar-refractivity contribution < 1.29 is 14.3 Å². The molecule has 0 aliphatic carbocycles. The number of aromatic amines is 1. The zero-order valence-corrected chi connectivity index (χ0v) is 19.6. The number of Topliss-reactive ketones (excluding diaryl/α,β-unsaturated/α-hetero) is 1. The van der Waals surface area contributed by atoms with E-state index < -0.39 is 11.2 Å². The minimum absolute atomic E-state index is 0.0936. The van der Waals surface area contributed by atoms with Gasteiger partial charge in [0.2, 0.25) is 0 Å². The molecule has 2 aromatic heterocycles. The van der Waals surface area contributed by atoms with Gasteiger partial charge in [0.25, 0.3) is 0 Å². The van der Waals surface area contributed by atoms with Crippen molar-refractivity contribution in [3.05, 3.63) is 52.3 Å². The Bertz CT molecular complexity index is 1120. The molecule has 0 spiro atoms. The fourth-order valence-corrected chi connectivity index (χ4v) is 4.55. The fourth-order valence-electron chi connectivity index (χ4n) is 3.62. The van der Waals surface area contributed by atoms with Gasteiger partial charge in [-0.2, -0.15) is 0 Å². The summed E-state index contributed by atoms with van der Waals surface area (Å²) in [6.07, 6.45) is 0.921. The lowest BCUT2D eigenvalue weighted by atomic mass is 10.1. The molecule has 1 atom stereocenters. The van der Waals surface area contributed by atoms with Crippen molar-refractivity contribution in [2.75, 3.05) is 7.11 Å². The Balaban J connectivity index is 1.89. The summed E-state index contributed by atoms with van der Waals surface area (Å²) in [6.45, 7) is 10.3. The second-order valence-electron chi connectivity index (χ2n) is 7.57. The van der Waals surface area contributed by atoms with E-state index in [0.29, 0.717) is 27.7 Å². The third kappa shape index (κ3) is 4.58. The first-order chi connectivity index (χ1) is 14.8. The smallest absolute Gasteiger partial charge is 0.339 e. The number of rotatable bonds is 8. The lowest BCUT2D eigenvalue weighted by Crippen LogP contribution is -2.16. The molecule has 164 valence electrons. The van der Waals surface area contributed by atoms with E-state index in [1.165, 1.54) is 18.9 Å². The lowest BCUT2D eigenvalue weighted by molar-refractivity contribution is 0.0599. The first kappa shape index (κ1) is 22.8. The molecule has 0 bridgehead atoms. The second kappa shape index (κ2) is 9.51. The van der Waals surface area contributed by atoms with Gasteiger partial charge in [-0.25, -0.2) is 4.79 Å². The van der Waals surface area contributed by atoms with Crippen molar-refractivity contribution in [1.29, 1.82) is 0 Å². The molecule has 31 heavy (non-hydrogen) atoms. The summed E-state index contributed by atoms with van der Waals surface area (Å²) in [5.74, 6) is 0.257. The molecule has 0 saturated carbocycles. The van der Waals surface area contributed by atoms with Crippen LogP contribution in [0.15, 0.2) is 29.4 Å². The highest BCUT2D eigenvalue weighted by atomic mass is 32.2. The number of aromatic nitrogens is 4. The first-order valence-corrected chi connectivity index (χ1v) is 11.1. The molecular formula is C23H28N4O3S. The zero-order chi connectivity index (χ0) is 22.7. The van der Waals surface area contributed by atoms with E-state index in [9.17, 15) is 9.59 Å². The van der Waals surface area contributed by atoms with Crippen LogP contribution in [0, 0.1) is 20.8 Å². The van der Waals surface area contributed by atoms with Crippen molar-refractivity contribution >= 4 is 23.5 Å². The first-order valence-electron chi connectivity index (χ1n) is 10.3. The quantitative estimate of drug-likeness (QED) is 0.309. The van der Waals surface area contributed by atoms with Crippen LogP contribution in [0.5, 0.6) is 0 Å². The maximum Gasteiger partial charge on any atom is 0.339 e. The van der Waals surface area contributed by atoms with Crippen molar-refractivity contribution in [2.24, 2.45) is 0 Å². The standard InChI is InChI=1S/C23H28N4O3S/c1-7-11-27-21(17-10-8-9-13(2)12-17)25-26-23(27)31-16(5)20(28)19-14(3)18(15(4)24-19)22(29)30-6/h8-10,12,16,24H,7,11H2,1-6H3. The molecule has 0 aliphatic rings. The van der Waals surface area contributed by atoms with E-state index in [1.54, 1.807) is 13.8 Å². The number of aryl methyl sites for hydroxylation is 2. The molecule has 1 N–H and O–H groups in total. The average Bonchev–Trinajstić information content (AvgIpc) is 3.27. The molecule has 7 nitrogen and oxygen atoms in total. The van der Waals surface area contributed by atoms with Crippen molar-refractivity contribution in [1.82, 2.24) is 19.7 Å². The van der Waals surface area contributed by atoms with Gasteiger partial charge in [0.1, 0.15) is 0 Å². The molecule has 3 rings (SSSR count). The number of H-pyrrole nitrogens is 1. The van der Waals surface area contributed by atoms with Crippen LogP contribution < -0.4 is 0 Å². The van der Waals surface area contributed by atoms with Gasteiger partial charge in [-0.3, -0.25) is 4.79 Å². The molecule has 0 fully saturated rings. The van der Waals surface area contributed by atoms with E-state index >= 15 is 0 Å². The van der Waals surface area contributed by atoms with Gasteiger partial charge in [-0.1, -0.05) is 42.4 Å². The van der Waals surface area contributed by atoms with Crippen LogP contribution in [0.4, 0.5) is 0 Å². The summed E-state index contributed by atoms with van der Waals surface area (Å²) in [6, 6.07) is 8.15. The predicted octanol–water partition coefficient (Wildman–Crippen LogP) is 4.76. The van der Waals surface area contributed by atoms with Crippen LogP contribution in [0.2, 0.25) is 0 Å². The third-order valence-corrected chi connectivity index (χ3v) is 6.25. The summed E-state index contributed by atoms with van der Waals surface area (Å²) >= 11 is 1.37. The zero-order valence-electron chi connectivity index (χ0n) is 18.8. The Morgan fingerprint density at radius 3 is 2.61 bits per heavy atom. The highest BCUT2D eigenvalue weighted by Gasteiger charge is 2.27. The number of hydrogen-bond acceptors (Lipinski definition) is 6. The van der Waals surface area contributed by atoms with E-state index in [2.05, 4.69) is 32.7 Å². The third-order valence-electron chi connectivity index (χ3n) is 5.17. The van der Waals surface area contributed by atoms with Crippen LogP contribution >= 0.6 is 11.8 Å². The summed E-state index contributed by atoms with van der Waals surface area (Å²) in [7, 11) is 1.33. The number of hydrogen-bond donors (Lipinski definition) is 1. The highest BCUT2D eigenvalue weighted by molar-refractivity contribution is 8.00. The SMILES string of the molecule is CCCn1c(SC(C)C(=O)c2[nH]c(C)c(C(=O)OC)c2C)nnc1-c1cccc(C)c1. The van der Waals surface area contributed by atoms with E-state index in [1.807, 2.05) is 32.0 Å². The highest BCUT2D eigenvalue weighted by Crippen LogP contribution is 2.30. The topological polar surface area (TPSA) is 89.9 Å². The summed E-state index contributed by atoms with van der Waals surface area (Å²) in [4.78, 5) is 28.3. The van der Waals surface area contributed by atoms with Crippen LogP contribution in [0.3, 0.4) is 0 Å². The number of carbonyl (C=O) groups is 2. The molecule has 8 heteroatoms. The number of methoxy groups -OCH3 is 1. The van der Waals surface area contributed by atoms with Crippen LogP contribution in [-0.2, 0) is 11.3 Å². The summed E-state index contributed by atoms with van der Waals surface area (Å²) in [5.41, 5.74) is 4.24. The minimum atomic E-state index is -0.448. The van der Waals surface area contributed by atoms with Gasteiger partial charge < -0.3 is 14.3 Å². The number of nitrogens with zero attached hydrogens (tertiary/aromatic N) is 3. The van der Waals surface area contributed by atoms with Gasteiger partial charge in [-0.05, 0) is 45.7 Å². The molecule has 1 unspecified atom stereocenters. The number of esters is 1. The Kier molecular flexibility index (Phi) is 7.00. The van der Waals surface area contributed by atoms with Crippen LogP contribution in [0.25, 0.3) is 11.4 Å². The van der Waals surface area contributed by atoms with Crippen LogP contribution in [0.1, 0.15) is 57.9 Å². The largest absolute Gasteiger partial charge is 0.465 e. The Hall–Kier alpha value is -2.87. The fraction of sp³-hybridized carbons (Fsp3) is 0.391.